The molecule has 1 saturated heterocycles. The zero-order valence-electron chi connectivity index (χ0n) is 15.3. The number of aromatic nitrogens is 1. The summed E-state index contributed by atoms with van der Waals surface area (Å²) in [5, 5.41) is 5.37. The summed E-state index contributed by atoms with van der Waals surface area (Å²) in [5.41, 5.74) is 2.83. The summed E-state index contributed by atoms with van der Waals surface area (Å²) in [5.74, 6) is 0.656. The maximum Gasteiger partial charge on any atom is 0.275 e. The van der Waals surface area contributed by atoms with Gasteiger partial charge in [-0.1, -0.05) is 0 Å². The van der Waals surface area contributed by atoms with E-state index in [0.717, 1.165) is 35.0 Å². The van der Waals surface area contributed by atoms with Crippen LogP contribution in [-0.4, -0.2) is 30.5 Å². The molecule has 28 heavy (non-hydrogen) atoms. The lowest BCUT2D eigenvalue weighted by atomic mass is 10.2. The third kappa shape index (κ3) is 3.75. The Kier molecular flexibility index (Phi) is 5.08. The Morgan fingerprint density at radius 2 is 1.89 bits per heavy atom. The molecule has 7 heteroatoms. The predicted octanol–water partition coefficient (Wildman–Crippen LogP) is 4.20. The summed E-state index contributed by atoms with van der Waals surface area (Å²) in [6, 6.07) is 14.9. The van der Waals surface area contributed by atoms with Crippen LogP contribution >= 0.6 is 11.3 Å². The third-order valence-corrected chi connectivity index (χ3v) is 5.48. The fourth-order valence-electron chi connectivity index (χ4n) is 3.09. The second kappa shape index (κ2) is 7.82. The van der Waals surface area contributed by atoms with Gasteiger partial charge in [-0.3, -0.25) is 9.59 Å². The molecular formula is C21H19N3O3S. The Bertz CT molecular complexity index is 996. The first-order valence-corrected chi connectivity index (χ1v) is 9.84. The van der Waals surface area contributed by atoms with E-state index < -0.39 is 0 Å². The molecule has 2 aromatic carbocycles. The zero-order valence-corrected chi connectivity index (χ0v) is 16.2. The Hall–Kier alpha value is -3.19. The Balaban J connectivity index is 1.43. The quantitative estimate of drug-likeness (QED) is 0.705. The monoisotopic (exact) mass is 393 g/mol. The number of methoxy groups -OCH3 is 1. The largest absolute Gasteiger partial charge is 0.497 e. The van der Waals surface area contributed by atoms with Crippen LogP contribution in [0.2, 0.25) is 0 Å². The van der Waals surface area contributed by atoms with Gasteiger partial charge in [0, 0.05) is 35.3 Å². The first-order chi connectivity index (χ1) is 13.6. The van der Waals surface area contributed by atoms with E-state index in [-0.39, 0.29) is 11.8 Å². The number of hydrogen-bond donors (Lipinski definition) is 1. The Morgan fingerprint density at radius 3 is 2.54 bits per heavy atom. The van der Waals surface area contributed by atoms with Crippen molar-refractivity contribution in [1.29, 1.82) is 0 Å². The fourth-order valence-corrected chi connectivity index (χ4v) is 3.89. The van der Waals surface area contributed by atoms with Gasteiger partial charge in [0.05, 0.1) is 7.11 Å². The van der Waals surface area contributed by atoms with Gasteiger partial charge in [0.1, 0.15) is 16.5 Å². The molecule has 0 radical (unpaired) electrons. The Morgan fingerprint density at radius 1 is 1.14 bits per heavy atom. The van der Waals surface area contributed by atoms with Gasteiger partial charge >= 0.3 is 0 Å². The van der Waals surface area contributed by atoms with Gasteiger partial charge in [-0.15, -0.1) is 11.3 Å². The molecule has 6 nitrogen and oxygen atoms in total. The molecule has 0 saturated carbocycles. The second-order valence-corrected chi connectivity index (χ2v) is 7.27. The van der Waals surface area contributed by atoms with Gasteiger partial charge in [0.15, 0.2) is 0 Å². The van der Waals surface area contributed by atoms with E-state index in [4.69, 9.17) is 4.74 Å². The van der Waals surface area contributed by atoms with Crippen molar-refractivity contribution in [3.63, 3.8) is 0 Å². The van der Waals surface area contributed by atoms with E-state index in [1.807, 2.05) is 36.4 Å². The minimum atomic E-state index is -0.263. The van der Waals surface area contributed by atoms with Crippen molar-refractivity contribution in [3.8, 4) is 16.3 Å². The molecule has 2 amide bonds. The van der Waals surface area contributed by atoms with Gasteiger partial charge in [0.25, 0.3) is 5.91 Å². The van der Waals surface area contributed by atoms with Crippen LogP contribution in [-0.2, 0) is 4.79 Å². The third-order valence-electron chi connectivity index (χ3n) is 4.58. The van der Waals surface area contributed by atoms with Gasteiger partial charge in [-0.2, -0.15) is 0 Å². The van der Waals surface area contributed by atoms with Crippen molar-refractivity contribution in [1.82, 2.24) is 4.98 Å². The molecular weight excluding hydrogens is 374 g/mol. The molecule has 0 bridgehead atoms. The lowest BCUT2D eigenvalue weighted by Crippen LogP contribution is -2.23. The average Bonchev–Trinajstić information content (AvgIpc) is 3.38. The van der Waals surface area contributed by atoms with E-state index in [9.17, 15) is 9.59 Å². The number of anilines is 2. The number of benzene rings is 2. The van der Waals surface area contributed by atoms with E-state index in [1.165, 1.54) is 11.3 Å². The number of hydrogen-bond acceptors (Lipinski definition) is 5. The van der Waals surface area contributed by atoms with Gasteiger partial charge in [-0.05, 0) is 55.0 Å². The summed E-state index contributed by atoms with van der Waals surface area (Å²) in [4.78, 5) is 30.5. The molecule has 0 aliphatic carbocycles. The van der Waals surface area contributed by atoms with Crippen molar-refractivity contribution in [2.24, 2.45) is 0 Å². The van der Waals surface area contributed by atoms with Gasteiger partial charge in [-0.25, -0.2) is 4.98 Å². The molecule has 0 unspecified atom stereocenters. The van der Waals surface area contributed by atoms with Crippen LogP contribution in [0.25, 0.3) is 10.6 Å². The van der Waals surface area contributed by atoms with Gasteiger partial charge in [0.2, 0.25) is 5.91 Å². The number of thiazole rings is 1. The summed E-state index contributed by atoms with van der Waals surface area (Å²) < 4.78 is 5.16. The van der Waals surface area contributed by atoms with Crippen molar-refractivity contribution < 1.29 is 14.3 Å². The predicted molar refractivity (Wildman–Crippen MR) is 110 cm³/mol. The summed E-state index contributed by atoms with van der Waals surface area (Å²) in [7, 11) is 1.62. The number of nitrogens with zero attached hydrogens (tertiary/aromatic N) is 2. The van der Waals surface area contributed by atoms with E-state index in [2.05, 4.69) is 10.3 Å². The maximum atomic E-state index is 12.5. The average molecular weight is 393 g/mol. The Labute approximate surface area is 166 Å². The summed E-state index contributed by atoms with van der Waals surface area (Å²) in [6.07, 6.45) is 1.48. The highest BCUT2D eigenvalue weighted by atomic mass is 32.1. The minimum Gasteiger partial charge on any atom is -0.497 e. The molecule has 1 fully saturated rings. The normalized spacial score (nSPS) is 13.6. The van der Waals surface area contributed by atoms with Crippen molar-refractivity contribution in [2.45, 2.75) is 12.8 Å². The van der Waals surface area contributed by atoms with Crippen LogP contribution in [0.3, 0.4) is 0 Å². The number of nitrogens with one attached hydrogen (secondary N) is 1. The number of carbonyl (C=O) groups is 2. The highest BCUT2D eigenvalue weighted by molar-refractivity contribution is 7.13. The number of ether oxygens (including phenoxy) is 1. The molecule has 1 aromatic heterocycles. The van der Waals surface area contributed by atoms with Crippen molar-refractivity contribution >= 4 is 34.5 Å². The number of carbonyl (C=O) groups excluding carboxylic acids is 2. The molecule has 1 aliphatic heterocycles. The molecule has 4 rings (SSSR count). The number of amides is 2. The van der Waals surface area contributed by atoms with Crippen LogP contribution in [0.4, 0.5) is 11.4 Å². The van der Waals surface area contributed by atoms with Crippen LogP contribution in [0.1, 0.15) is 23.3 Å². The van der Waals surface area contributed by atoms with E-state index >= 15 is 0 Å². The van der Waals surface area contributed by atoms with Crippen LogP contribution in [0.15, 0.2) is 53.9 Å². The highest BCUT2D eigenvalue weighted by Crippen LogP contribution is 2.27. The molecule has 0 spiro atoms. The smallest absolute Gasteiger partial charge is 0.275 e. The lowest BCUT2D eigenvalue weighted by Gasteiger charge is -2.16. The molecule has 0 atom stereocenters. The fraction of sp³-hybridized carbons (Fsp3) is 0.190. The van der Waals surface area contributed by atoms with Crippen molar-refractivity contribution in [3.05, 3.63) is 59.6 Å². The van der Waals surface area contributed by atoms with E-state index in [0.29, 0.717) is 17.8 Å². The number of rotatable bonds is 5. The first-order valence-electron chi connectivity index (χ1n) is 8.96. The molecule has 142 valence electrons. The molecule has 3 aromatic rings. The van der Waals surface area contributed by atoms with Crippen LogP contribution in [0, 0.1) is 0 Å². The standard InChI is InChI=1S/C21H19N3O3S/c1-27-17-10-4-14(5-11-17)21-23-18(13-28-21)20(26)22-15-6-8-16(9-7-15)24-12-2-3-19(24)25/h4-11,13H,2-3,12H2,1H3,(H,22,26). The first kappa shape index (κ1) is 18.2. The molecule has 1 aliphatic rings. The lowest BCUT2D eigenvalue weighted by molar-refractivity contribution is -0.117. The highest BCUT2D eigenvalue weighted by Gasteiger charge is 2.21. The zero-order chi connectivity index (χ0) is 19.5. The maximum absolute atomic E-state index is 12.5. The molecule has 1 N–H and O–H groups in total. The summed E-state index contributed by atoms with van der Waals surface area (Å²) >= 11 is 1.42. The SMILES string of the molecule is COc1ccc(-c2nc(C(=O)Nc3ccc(N4CCCC4=O)cc3)cs2)cc1. The topological polar surface area (TPSA) is 71.5 Å². The second-order valence-electron chi connectivity index (χ2n) is 6.42. The van der Waals surface area contributed by atoms with Crippen LogP contribution in [0.5, 0.6) is 5.75 Å². The van der Waals surface area contributed by atoms with Crippen LogP contribution < -0.4 is 15.0 Å². The van der Waals surface area contributed by atoms with E-state index in [1.54, 1.807) is 29.5 Å². The van der Waals surface area contributed by atoms with Gasteiger partial charge < -0.3 is 15.0 Å². The minimum absolute atomic E-state index is 0.144. The van der Waals surface area contributed by atoms with Crippen molar-refractivity contribution in [2.75, 3.05) is 23.9 Å². The molecule has 2 heterocycles. The summed E-state index contributed by atoms with van der Waals surface area (Å²) in [6.45, 7) is 0.748.